The highest BCUT2D eigenvalue weighted by molar-refractivity contribution is 7.81. The summed E-state index contributed by atoms with van der Waals surface area (Å²) in [5, 5.41) is 6.43. The van der Waals surface area contributed by atoms with Crippen LogP contribution in [0, 0.1) is 5.41 Å². The number of nitrogens with zero attached hydrogens (tertiary/aromatic N) is 4. The minimum atomic E-state index is -1.31. The molecule has 4 heterocycles. The maximum Gasteiger partial charge on any atom is 0.310 e. The van der Waals surface area contributed by atoms with Crippen LogP contribution in [0.1, 0.15) is 28.8 Å². The van der Waals surface area contributed by atoms with E-state index in [4.69, 9.17) is 9.88 Å². The van der Waals surface area contributed by atoms with Crippen LogP contribution in [0.4, 0.5) is 5.82 Å². The lowest BCUT2D eigenvalue weighted by molar-refractivity contribution is -0.139. The molecular formula is C24H29N5O3S2. The van der Waals surface area contributed by atoms with Gasteiger partial charge in [0.15, 0.2) is 0 Å². The number of ether oxygens (including phenoxy) is 1. The molecule has 34 heavy (non-hydrogen) atoms. The number of carbonyl (C=O) groups is 1. The molecule has 2 atom stereocenters. The zero-order valence-electron chi connectivity index (χ0n) is 19.2. The first-order valence-corrected chi connectivity index (χ1v) is 13.6. The summed E-state index contributed by atoms with van der Waals surface area (Å²) in [6.07, 6.45) is 4.22. The number of esters is 1. The van der Waals surface area contributed by atoms with E-state index in [-0.39, 0.29) is 17.8 Å². The third-order valence-corrected chi connectivity index (χ3v) is 8.56. The number of hydrogen-bond donors (Lipinski definition) is 1. The van der Waals surface area contributed by atoms with E-state index in [1.54, 1.807) is 6.33 Å². The molecule has 1 spiro atoms. The Hall–Kier alpha value is -2.40. The fraction of sp³-hybridized carbons (Fsp3) is 0.458. The van der Waals surface area contributed by atoms with Crippen molar-refractivity contribution in [3.8, 4) is 0 Å². The predicted octanol–water partition coefficient (Wildman–Crippen LogP) is 2.63. The molecule has 10 heteroatoms. The molecule has 0 aliphatic carbocycles. The molecular weight excluding hydrogens is 470 g/mol. The van der Waals surface area contributed by atoms with Crippen LogP contribution in [0.15, 0.2) is 36.7 Å². The lowest BCUT2D eigenvalue weighted by atomic mass is 9.86. The fourth-order valence-corrected chi connectivity index (χ4v) is 6.72. The molecule has 5 rings (SSSR count). The summed E-state index contributed by atoms with van der Waals surface area (Å²) in [5.74, 6) is 1.13. The monoisotopic (exact) mass is 499 g/mol. The van der Waals surface area contributed by atoms with Crippen molar-refractivity contribution in [1.82, 2.24) is 14.9 Å². The van der Waals surface area contributed by atoms with Crippen LogP contribution < -0.4 is 10.0 Å². The van der Waals surface area contributed by atoms with Gasteiger partial charge in [0.1, 0.15) is 17.0 Å². The van der Waals surface area contributed by atoms with E-state index in [0.29, 0.717) is 5.75 Å². The second-order valence-electron chi connectivity index (χ2n) is 9.36. The molecule has 0 radical (unpaired) electrons. The predicted molar refractivity (Wildman–Crippen MR) is 135 cm³/mol. The van der Waals surface area contributed by atoms with E-state index in [0.717, 1.165) is 65.6 Å². The number of aromatic nitrogens is 2. The molecule has 8 nitrogen and oxygen atoms in total. The fourth-order valence-electron chi connectivity index (χ4n) is 5.22. The third kappa shape index (κ3) is 5.00. The number of carbonyl (C=O) groups excluding carboxylic acids is 1. The van der Waals surface area contributed by atoms with Crippen LogP contribution >= 0.6 is 11.3 Å². The number of nitrogens with two attached hydrogens (primary N) is 1. The number of anilines is 1. The van der Waals surface area contributed by atoms with Gasteiger partial charge in [-0.2, -0.15) is 0 Å². The first-order chi connectivity index (χ1) is 16.4. The normalized spacial score (nSPS) is 21.5. The molecule has 0 saturated carbocycles. The highest BCUT2D eigenvalue weighted by Crippen LogP contribution is 2.43. The Bertz CT molecular complexity index is 1220. The zero-order chi connectivity index (χ0) is 23.7. The topological polar surface area (TPSA) is 102 Å². The van der Waals surface area contributed by atoms with E-state index in [1.165, 1.54) is 30.4 Å². The van der Waals surface area contributed by atoms with E-state index < -0.39 is 11.0 Å². The second-order valence-corrected chi connectivity index (χ2v) is 11.5. The van der Waals surface area contributed by atoms with Gasteiger partial charge in [-0.1, -0.05) is 24.3 Å². The summed E-state index contributed by atoms with van der Waals surface area (Å²) in [6.45, 7) is 5.05. The van der Waals surface area contributed by atoms with E-state index >= 15 is 0 Å². The highest BCUT2D eigenvalue weighted by Gasteiger charge is 2.44. The summed E-state index contributed by atoms with van der Waals surface area (Å²) < 4.78 is 16.0. The largest absolute Gasteiger partial charge is 0.469 e. The van der Waals surface area contributed by atoms with Gasteiger partial charge in [0.25, 0.3) is 0 Å². The highest BCUT2D eigenvalue weighted by atomic mass is 32.2. The number of rotatable bonds is 7. The van der Waals surface area contributed by atoms with Gasteiger partial charge in [-0.05, 0) is 36.6 Å². The lowest BCUT2D eigenvalue weighted by Gasteiger charge is -2.25. The first-order valence-electron chi connectivity index (χ1n) is 11.4. The number of thiophene rings is 1. The molecule has 2 aliphatic heterocycles. The Morgan fingerprint density at radius 1 is 1.18 bits per heavy atom. The summed E-state index contributed by atoms with van der Waals surface area (Å²) in [7, 11) is 0.105. The van der Waals surface area contributed by atoms with Gasteiger partial charge in [0.05, 0.1) is 35.7 Å². The minimum absolute atomic E-state index is 0.240. The van der Waals surface area contributed by atoms with E-state index in [9.17, 15) is 9.00 Å². The lowest BCUT2D eigenvalue weighted by Crippen LogP contribution is -2.31. The average molecular weight is 500 g/mol. The maximum absolute atomic E-state index is 11.7. The molecule has 2 unspecified atom stereocenters. The van der Waals surface area contributed by atoms with Crippen molar-refractivity contribution in [3.05, 3.63) is 52.7 Å². The van der Waals surface area contributed by atoms with Gasteiger partial charge < -0.3 is 9.64 Å². The molecule has 0 amide bonds. The Morgan fingerprint density at radius 2 is 1.94 bits per heavy atom. The van der Waals surface area contributed by atoms with Gasteiger partial charge in [-0.15, -0.1) is 11.3 Å². The van der Waals surface area contributed by atoms with Gasteiger partial charge in [-0.25, -0.2) is 14.2 Å². The van der Waals surface area contributed by atoms with Gasteiger partial charge in [0, 0.05) is 36.5 Å². The van der Waals surface area contributed by atoms with Crippen molar-refractivity contribution in [2.75, 3.05) is 38.2 Å². The molecule has 3 aromatic rings. The van der Waals surface area contributed by atoms with Gasteiger partial charge >= 0.3 is 5.97 Å². The maximum atomic E-state index is 11.7. The van der Waals surface area contributed by atoms with Crippen molar-refractivity contribution in [2.24, 2.45) is 10.6 Å². The van der Waals surface area contributed by atoms with Crippen LogP contribution in [0.2, 0.25) is 0 Å². The standard InChI is InChI=1S/C24H29N5O3S2/c1-32-21(30)11-19-10-20-22(26-16-27-23(20)33-19)29-9-7-24(15-29)6-8-28(14-24)12-17-2-4-18(5-3-17)13-34(25)31/h2-5,10,16H,6-9,11-15,25H2,1H3. The van der Waals surface area contributed by atoms with Crippen LogP contribution in [0.25, 0.3) is 10.2 Å². The number of likely N-dealkylation sites (tertiary alicyclic amines) is 1. The molecule has 2 N–H and O–H groups in total. The van der Waals surface area contributed by atoms with Crippen molar-refractivity contribution in [2.45, 2.75) is 31.6 Å². The van der Waals surface area contributed by atoms with Crippen molar-refractivity contribution in [3.63, 3.8) is 0 Å². The smallest absolute Gasteiger partial charge is 0.310 e. The Balaban J connectivity index is 1.25. The quantitative estimate of drug-likeness (QED) is 0.499. The molecule has 2 saturated heterocycles. The summed E-state index contributed by atoms with van der Waals surface area (Å²) in [4.78, 5) is 27.6. The minimum Gasteiger partial charge on any atom is -0.469 e. The second kappa shape index (κ2) is 9.69. The first kappa shape index (κ1) is 23.3. The van der Waals surface area contributed by atoms with Gasteiger partial charge in [0.2, 0.25) is 0 Å². The molecule has 2 aliphatic rings. The number of methoxy groups -OCH3 is 1. The molecule has 0 bridgehead atoms. The number of hydrogen-bond acceptors (Lipinski definition) is 8. The summed E-state index contributed by atoms with van der Waals surface area (Å²) >= 11 is 1.53. The van der Waals surface area contributed by atoms with E-state index in [2.05, 4.69) is 31.9 Å². The van der Waals surface area contributed by atoms with E-state index in [1.807, 2.05) is 18.2 Å². The number of fused-ring (bicyclic) bond motifs is 1. The van der Waals surface area contributed by atoms with Crippen LogP contribution in [0.3, 0.4) is 0 Å². The summed E-state index contributed by atoms with van der Waals surface area (Å²) in [5.41, 5.74) is 2.55. The van der Waals surface area contributed by atoms with Gasteiger partial charge in [-0.3, -0.25) is 14.8 Å². The van der Waals surface area contributed by atoms with Crippen LogP contribution in [0.5, 0.6) is 0 Å². The molecule has 2 fully saturated rings. The Kier molecular flexibility index (Phi) is 6.65. The van der Waals surface area contributed by atoms with Crippen LogP contribution in [-0.4, -0.2) is 58.3 Å². The third-order valence-electron chi connectivity index (χ3n) is 6.90. The van der Waals surface area contributed by atoms with Crippen LogP contribution in [-0.2, 0) is 39.2 Å². The average Bonchev–Trinajstić information content (AvgIpc) is 3.53. The molecule has 2 aromatic heterocycles. The molecule has 180 valence electrons. The SMILES string of the molecule is COC(=O)Cc1cc2c(N3CCC4(CCN(Cc5ccc(CS(N)=O)cc5)C4)C3)ncnc2s1. The zero-order valence-corrected chi connectivity index (χ0v) is 20.9. The Labute approximate surface area is 205 Å². The van der Waals surface area contributed by atoms with Crippen molar-refractivity contribution < 1.29 is 13.7 Å². The van der Waals surface area contributed by atoms with Crippen molar-refractivity contribution in [1.29, 1.82) is 0 Å². The molecule has 1 aromatic carbocycles. The van der Waals surface area contributed by atoms with Crippen molar-refractivity contribution >= 4 is 44.3 Å². The summed E-state index contributed by atoms with van der Waals surface area (Å²) in [6, 6.07) is 10.3. The number of benzene rings is 1. The Morgan fingerprint density at radius 3 is 2.71 bits per heavy atom.